The summed E-state index contributed by atoms with van der Waals surface area (Å²) in [5, 5.41) is 5.13. The quantitative estimate of drug-likeness (QED) is 0.756. The lowest BCUT2D eigenvalue weighted by atomic mass is 9.98. The van der Waals surface area contributed by atoms with Crippen molar-refractivity contribution >= 4 is 23.2 Å². The van der Waals surface area contributed by atoms with Gasteiger partial charge in [0, 0.05) is 43.3 Å². The Morgan fingerprint density at radius 3 is 3.04 bits per heavy atom. The summed E-state index contributed by atoms with van der Waals surface area (Å²) in [4.78, 5) is 32.0. The molecule has 1 aliphatic heterocycles. The van der Waals surface area contributed by atoms with Crippen LogP contribution in [0.1, 0.15) is 36.4 Å². The molecule has 2 amide bonds. The van der Waals surface area contributed by atoms with Crippen molar-refractivity contribution < 1.29 is 9.59 Å². The van der Waals surface area contributed by atoms with Gasteiger partial charge in [-0.05, 0) is 50.0 Å². The Labute approximate surface area is 164 Å². The summed E-state index contributed by atoms with van der Waals surface area (Å²) in [5.41, 5.74) is 0. The van der Waals surface area contributed by atoms with E-state index in [9.17, 15) is 9.59 Å². The molecule has 7 heteroatoms. The molecule has 1 atom stereocenters. The molecule has 0 saturated carbocycles. The topological polar surface area (TPSA) is 67.2 Å². The van der Waals surface area contributed by atoms with Crippen molar-refractivity contribution in [3.8, 4) is 0 Å². The van der Waals surface area contributed by atoms with Crippen LogP contribution in [0.5, 0.6) is 0 Å². The Kier molecular flexibility index (Phi) is 7.04. The lowest BCUT2D eigenvalue weighted by molar-refractivity contribution is -0.133. The molecule has 0 aliphatic carbocycles. The van der Waals surface area contributed by atoms with Gasteiger partial charge in [-0.25, -0.2) is 4.98 Å². The number of piperidine rings is 1. The van der Waals surface area contributed by atoms with Crippen molar-refractivity contribution in [3.63, 3.8) is 0 Å². The maximum atomic E-state index is 12.5. The minimum atomic E-state index is 0.115. The molecule has 6 nitrogen and oxygen atoms in total. The smallest absolute Gasteiger partial charge is 0.242 e. The highest BCUT2D eigenvalue weighted by Gasteiger charge is 2.24. The van der Waals surface area contributed by atoms with E-state index in [2.05, 4.69) is 21.7 Å². The van der Waals surface area contributed by atoms with E-state index in [1.807, 2.05) is 28.7 Å². The monoisotopic (exact) mass is 388 g/mol. The third-order valence-electron chi connectivity index (χ3n) is 5.10. The average molecular weight is 389 g/mol. The highest BCUT2D eigenvalue weighted by Crippen LogP contribution is 2.17. The Balaban J connectivity index is 1.37. The maximum Gasteiger partial charge on any atom is 0.242 e. The molecular weight excluding hydrogens is 360 g/mol. The van der Waals surface area contributed by atoms with Gasteiger partial charge < -0.3 is 14.8 Å². The van der Waals surface area contributed by atoms with Crippen molar-refractivity contribution in [2.24, 2.45) is 5.92 Å². The number of carbonyl (C=O) groups is 2. The van der Waals surface area contributed by atoms with Crippen molar-refractivity contribution in [2.75, 3.05) is 19.6 Å². The molecule has 0 spiro atoms. The fourth-order valence-corrected chi connectivity index (χ4v) is 4.25. The molecule has 0 bridgehead atoms. The van der Waals surface area contributed by atoms with Crippen LogP contribution >= 0.6 is 11.3 Å². The van der Waals surface area contributed by atoms with E-state index < -0.39 is 0 Å². The first-order valence-electron chi connectivity index (χ1n) is 9.66. The number of aromatic nitrogens is 2. The van der Waals surface area contributed by atoms with Gasteiger partial charge in [0.05, 0.1) is 0 Å². The first-order valence-corrected chi connectivity index (χ1v) is 10.5. The van der Waals surface area contributed by atoms with Crippen LogP contribution in [-0.4, -0.2) is 45.9 Å². The van der Waals surface area contributed by atoms with E-state index >= 15 is 0 Å². The van der Waals surface area contributed by atoms with Crippen LogP contribution in [0, 0.1) is 12.8 Å². The van der Waals surface area contributed by atoms with Gasteiger partial charge in [0.25, 0.3) is 0 Å². The lowest BCUT2D eigenvalue weighted by Crippen LogP contribution is -2.44. The van der Waals surface area contributed by atoms with E-state index in [0.29, 0.717) is 25.4 Å². The number of imidazole rings is 1. The first-order chi connectivity index (χ1) is 13.1. The first kappa shape index (κ1) is 19.6. The molecule has 0 radical (unpaired) electrons. The summed E-state index contributed by atoms with van der Waals surface area (Å²) in [6, 6.07) is 4.16. The van der Waals surface area contributed by atoms with Crippen LogP contribution in [0.3, 0.4) is 0 Å². The second kappa shape index (κ2) is 9.69. The fraction of sp³-hybridized carbons (Fsp3) is 0.550. The number of rotatable bonds is 8. The molecule has 1 N–H and O–H groups in total. The number of hydrogen-bond acceptors (Lipinski definition) is 4. The molecular formula is C20H28N4O2S. The molecule has 27 heavy (non-hydrogen) atoms. The van der Waals surface area contributed by atoms with Crippen LogP contribution in [0.4, 0.5) is 0 Å². The van der Waals surface area contributed by atoms with Crippen LogP contribution in [0.15, 0.2) is 29.9 Å². The molecule has 1 aliphatic rings. The van der Waals surface area contributed by atoms with Gasteiger partial charge in [0.1, 0.15) is 12.4 Å². The molecule has 2 aromatic rings. The summed E-state index contributed by atoms with van der Waals surface area (Å²) >= 11 is 1.74. The van der Waals surface area contributed by atoms with Crippen LogP contribution in [-0.2, 0) is 22.6 Å². The highest BCUT2D eigenvalue weighted by molar-refractivity contribution is 7.09. The minimum absolute atomic E-state index is 0.115. The predicted molar refractivity (Wildman–Crippen MR) is 107 cm³/mol. The number of amides is 2. The molecule has 3 rings (SSSR count). The normalized spacial score (nSPS) is 17.1. The molecule has 1 fully saturated rings. The number of carbonyl (C=O) groups excluding carboxylic acids is 2. The Hall–Kier alpha value is -2.15. The SMILES string of the molecule is Cc1nccn1CC(=O)N1CCCC(CNC(=O)CCCc2cccs2)C1. The number of thiophene rings is 1. The Bertz CT molecular complexity index is 741. The number of likely N-dealkylation sites (tertiary alicyclic amines) is 1. The molecule has 146 valence electrons. The van der Waals surface area contributed by atoms with Crippen molar-refractivity contribution in [1.82, 2.24) is 19.8 Å². The van der Waals surface area contributed by atoms with Gasteiger partial charge in [-0.3, -0.25) is 9.59 Å². The largest absolute Gasteiger partial charge is 0.356 e. The Morgan fingerprint density at radius 2 is 2.30 bits per heavy atom. The molecule has 1 saturated heterocycles. The van der Waals surface area contributed by atoms with E-state index in [1.54, 1.807) is 17.5 Å². The number of nitrogens with zero attached hydrogens (tertiary/aromatic N) is 3. The second-order valence-corrected chi connectivity index (χ2v) is 8.22. The third-order valence-corrected chi connectivity index (χ3v) is 6.03. The fourth-order valence-electron chi connectivity index (χ4n) is 3.50. The molecule has 3 heterocycles. The summed E-state index contributed by atoms with van der Waals surface area (Å²) in [5.74, 6) is 1.44. The van der Waals surface area contributed by atoms with Gasteiger partial charge in [-0.15, -0.1) is 11.3 Å². The Morgan fingerprint density at radius 1 is 1.41 bits per heavy atom. The van der Waals surface area contributed by atoms with Gasteiger partial charge in [-0.2, -0.15) is 0 Å². The summed E-state index contributed by atoms with van der Waals surface area (Å²) in [6.07, 6.45) is 8.01. The number of hydrogen-bond donors (Lipinski definition) is 1. The summed E-state index contributed by atoms with van der Waals surface area (Å²) in [6.45, 7) is 4.43. The lowest BCUT2D eigenvalue weighted by Gasteiger charge is -2.33. The molecule has 1 unspecified atom stereocenters. The van der Waals surface area contributed by atoms with Crippen LogP contribution in [0.25, 0.3) is 0 Å². The van der Waals surface area contributed by atoms with E-state index in [0.717, 1.165) is 44.6 Å². The zero-order chi connectivity index (χ0) is 19.1. The van der Waals surface area contributed by atoms with E-state index in [1.165, 1.54) is 4.88 Å². The average Bonchev–Trinajstić information content (AvgIpc) is 3.32. The number of nitrogens with one attached hydrogen (secondary N) is 1. The molecule has 0 aromatic carbocycles. The van der Waals surface area contributed by atoms with Crippen LogP contribution < -0.4 is 5.32 Å². The van der Waals surface area contributed by atoms with Gasteiger partial charge in [-0.1, -0.05) is 6.07 Å². The van der Waals surface area contributed by atoms with Gasteiger partial charge in [0.2, 0.25) is 11.8 Å². The van der Waals surface area contributed by atoms with Crippen molar-refractivity contribution in [3.05, 3.63) is 40.6 Å². The maximum absolute atomic E-state index is 12.5. The zero-order valence-electron chi connectivity index (χ0n) is 15.9. The summed E-state index contributed by atoms with van der Waals surface area (Å²) in [7, 11) is 0. The van der Waals surface area contributed by atoms with Crippen LogP contribution in [0.2, 0.25) is 0 Å². The van der Waals surface area contributed by atoms with Gasteiger partial charge in [0.15, 0.2) is 0 Å². The van der Waals surface area contributed by atoms with E-state index in [4.69, 9.17) is 0 Å². The van der Waals surface area contributed by atoms with Gasteiger partial charge >= 0.3 is 0 Å². The van der Waals surface area contributed by atoms with Crippen molar-refractivity contribution in [1.29, 1.82) is 0 Å². The third kappa shape index (κ3) is 5.92. The molecule has 2 aromatic heterocycles. The minimum Gasteiger partial charge on any atom is -0.356 e. The predicted octanol–water partition coefficient (Wildman–Crippen LogP) is 2.63. The summed E-state index contributed by atoms with van der Waals surface area (Å²) < 4.78 is 1.88. The van der Waals surface area contributed by atoms with E-state index in [-0.39, 0.29) is 11.8 Å². The zero-order valence-corrected chi connectivity index (χ0v) is 16.7. The second-order valence-electron chi connectivity index (χ2n) is 7.19. The highest BCUT2D eigenvalue weighted by atomic mass is 32.1. The standard InChI is InChI=1S/C20H28N4O2S/c1-16-21-9-11-23(16)15-20(26)24-10-3-5-17(14-24)13-22-19(25)8-2-6-18-7-4-12-27-18/h4,7,9,11-12,17H,2-3,5-6,8,10,13-15H2,1H3,(H,22,25). The number of aryl methyl sites for hydroxylation is 2. The van der Waals surface area contributed by atoms with Crippen molar-refractivity contribution in [2.45, 2.75) is 45.6 Å².